The second kappa shape index (κ2) is 8.33. The van der Waals surface area contributed by atoms with Crippen LogP contribution in [0, 0.1) is 5.92 Å². The third-order valence-corrected chi connectivity index (χ3v) is 3.41. The van der Waals surface area contributed by atoms with Crippen LogP contribution in [0.15, 0.2) is 24.0 Å². The van der Waals surface area contributed by atoms with E-state index >= 15 is 0 Å². The van der Waals surface area contributed by atoms with Crippen molar-refractivity contribution >= 4 is 0 Å². The maximum atomic E-state index is 5.87. The molecule has 0 amide bonds. The summed E-state index contributed by atoms with van der Waals surface area (Å²) in [5.41, 5.74) is 5.56. The molecule has 2 atom stereocenters. The zero-order chi connectivity index (χ0) is 13.4. The minimum absolute atomic E-state index is 0.0954. The van der Waals surface area contributed by atoms with Gasteiger partial charge in [-0.1, -0.05) is 38.8 Å². The predicted octanol–water partition coefficient (Wildman–Crippen LogP) is 3.02. The Morgan fingerprint density at radius 2 is 2.11 bits per heavy atom. The molecule has 0 bridgehead atoms. The van der Waals surface area contributed by atoms with Crippen LogP contribution < -0.4 is 5.73 Å². The van der Waals surface area contributed by atoms with Gasteiger partial charge in [0, 0.05) is 13.0 Å². The van der Waals surface area contributed by atoms with Gasteiger partial charge in [0.25, 0.3) is 0 Å². The lowest BCUT2D eigenvalue weighted by molar-refractivity contribution is 0.0181. The first-order valence-electron chi connectivity index (χ1n) is 7.05. The highest BCUT2D eigenvalue weighted by Gasteiger charge is 2.16. The Morgan fingerprint density at radius 1 is 1.39 bits per heavy atom. The summed E-state index contributed by atoms with van der Waals surface area (Å²) in [6.45, 7) is 7.78. The quantitative estimate of drug-likeness (QED) is 0.723. The van der Waals surface area contributed by atoms with Crippen LogP contribution in [0.3, 0.4) is 0 Å². The second-order valence-corrected chi connectivity index (χ2v) is 4.94. The van der Waals surface area contributed by atoms with Gasteiger partial charge in [0.05, 0.1) is 24.6 Å². The summed E-state index contributed by atoms with van der Waals surface area (Å²) in [6.07, 6.45) is 9.47. The molecule has 2 N–H and O–H groups in total. The predicted molar refractivity (Wildman–Crippen MR) is 75.3 cm³/mol. The van der Waals surface area contributed by atoms with E-state index in [0.29, 0.717) is 12.5 Å². The van der Waals surface area contributed by atoms with Gasteiger partial charge in [-0.05, 0) is 18.9 Å². The maximum Gasteiger partial charge on any atom is 0.0988 e. The summed E-state index contributed by atoms with van der Waals surface area (Å²) >= 11 is 0. The van der Waals surface area contributed by atoms with Crippen molar-refractivity contribution in [3.63, 3.8) is 0 Å². The molecule has 0 saturated carbocycles. The molecule has 18 heavy (non-hydrogen) atoms. The minimum atomic E-state index is 0.0954. The van der Waals surface area contributed by atoms with Gasteiger partial charge in [0.15, 0.2) is 0 Å². The molecule has 0 saturated heterocycles. The number of rotatable bonds is 8. The smallest absolute Gasteiger partial charge is 0.0988 e. The lowest BCUT2D eigenvalue weighted by Crippen LogP contribution is -2.26. The molecule has 104 valence electrons. The molecule has 0 aromatic heterocycles. The lowest BCUT2D eigenvalue weighted by Gasteiger charge is -2.23. The monoisotopic (exact) mass is 253 g/mol. The number of hydrogen-bond acceptors (Lipinski definition) is 3. The van der Waals surface area contributed by atoms with Crippen molar-refractivity contribution in [3.8, 4) is 0 Å². The van der Waals surface area contributed by atoms with E-state index in [9.17, 15) is 0 Å². The number of nitrogens with two attached hydrogens (primary N) is 1. The van der Waals surface area contributed by atoms with Crippen LogP contribution in [0.2, 0.25) is 0 Å². The molecule has 0 radical (unpaired) electrons. The van der Waals surface area contributed by atoms with E-state index in [2.05, 4.69) is 19.9 Å². The topological polar surface area (TPSA) is 44.5 Å². The van der Waals surface area contributed by atoms with Crippen molar-refractivity contribution in [1.29, 1.82) is 0 Å². The summed E-state index contributed by atoms with van der Waals surface area (Å²) in [7, 11) is 0. The van der Waals surface area contributed by atoms with E-state index in [1.807, 2.05) is 19.1 Å². The highest BCUT2D eigenvalue weighted by molar-refractivity contribution is 5.17. The van der Waals surface area contributed by atoms with Crippen molar-refractivity contribution in [2.24, 2.45) is 11.7 Å². The van der Waals surface area contributed by atoms with Crippen LogP contribution in [0.4, 0.5) is 0 Å². The van der Waals surface area contributed by atoms with Crippen LogP contribution in [0.25, 0.3) is 0 Å². The molecule has 0 spiro atoms. The van der Waals surface area contributed by atoms with Crippen molar-refractivity contribution in [1.82, 2.24) is 0 Å². The van der Waals surface area contributed by atoms with Crippen LogP contribution in [0.1, 0.15) is 40.0 Å². The van der Waals surface area contributed by atoms with Crippen molar-refractivity contribution in [2.75, 3.05) is 13.2 Å². The zero-order valence-electron chi connectivity index (χ0n) is 11.9. The highest BCUT2D eigenvalue weighted by Crippen LogP contribution is 2.19. The Balaban J connectivity index is 2.35. The molecule has 1 unspecified atom stereocenters. The van der Waals surface area contributed by atoms with Gasteiger partial charge in [-0.2, -0.15) is 0 Å². The summed E-state index contributed by atoms with van der Waals surface area (Å²) in [5, 5.41) is 0. The van der Waals surface area contributed by atoms with Gasteiger partial charge >= 0.3 is 0 Å². The molecular formula is C15H27NO2. The molecule has 0 aliphatic heterocycles. The standard InChI is InChI=1S/C15H27NO2/c1-4-13(5-2)11-17-14-7-6-8-15(9-14)18-12(3)10-16/h6-8,12-13,15H,4-5,9-11,16H2,1-3H3/t12-,15?/m0/s1. The third-order valence-electron chi connectivity index (χ3n) is 3.41. The lowest BCUT2D eigenvalue weighted by atomic mass is 10.0. The fourth-order valence-corrected chi connectivity index (χ4v) is 1.92. The van der Waals surface area contributed by atoms with E-state index in [1.165, 1.54) is 12.8 Å². The van der Waals surface area contributed by atoms with Crippen molar-refractivity contribution in [2.45, 2.75) is 52.2 Å². The summed E-state index contributed by atoms with van der Waals surface area (Å²) in [5.74, 6) is 1.68. The summed E-state index contributed by atoms with van der Waals surface area (Å²) < 4.78 is 11.7. The van der Waals surface area contributed by atoms with E-state index in [-0.39, 0.29) is 12.2 Å². The van der Waals surface area contributed by atoms with Gasteiger partial charge in [-0.15, -0.1) is 0 Å². The minimum Gasteiger partial charge on any atom is -0.498 e. The van der Waals surface area contributed by atoms with Crippen LogP contribution >= 0.6 is 0 Å². The Bertz CT molecular complexity index is 282. The van der Waals surface area contributed by atoms with Gasteiger partial charge in [-0.25, -0.2) is 0 Å². The fourth-order valence-electron chi connectivity index (χ4n) is 1.92. The van der Waals surface area contributed by atoms with Crippen LogP contribution in [-0.4, -0.2) is 25.4 Å². The van der Waals surface area contributed by atoms with E-state index in [0.717, 1.165) is 18.8 Å². The molecule has 0 heterocycles. The molecular weight excluding hydrogens is 226 g/mol. The second-order valence-electron chi connectivity index (χ2n) is 4.94. The average molecular weight is 253 g/mol. The normalized spacial score (nSPS) is 20.9. The zero-order valence-corrected chi connectivity index (χ0v) is 11.9. The average Bonchev–Trinajstić information content (AvgIpc) is 2.40. The SMILES string of the molecule is CCC(CC)COC1=CC=CC(O[C@@H](C)CN)C1. The first kappa shape index (κ1) is 15.3. The van der Waals surface area contributed by atoms with Gasteiger partial charge in [0.2, 0.25) is 0 Å². The largest absolute Gasteiger partial charge is 0.498 e. The Morgan fingerprint density at radius 3 is 2.72 bits per heavy atom. The van der Waals surface area contributed by atoms with Gasteiger partial charge in [0.1, 0.15) is 0 Å². The first-order valence-corrected chi connectivity index (χ1v) is 7.05. The van der Waals surface area contributed by atoms with Crippen LogP contribution in [-0.2, 0) is 9.47 Å². The maximum absolute atomic E-state index is 5.87. The molecule has 3 nitrogen and oxygen atoms in total. The number of allylic oxidation sites excluding steroid dienone is 2. The molecule has 1 aliphatic rings. The number of ether oxygens (including phenoxy) is 2. The molecule has 1 aliphatic carbocycles. The Kier molecular flexibility index (Phi) is 7.06. The summed E-state index contributed by atoms with van der Waals surface area (Å²) in [4.78, 5) is 0. The van der Waals surface area contributed by atoms with Gasteiger partial charge < -0.3 is 15.2 Å². The highest BCUT2D eigenvalue weighted by atomic mass is 16.5. The number of hydrogen-bond donors (Lipinski definition) is 1. The third kappa shape index (κ3) is 5.23. The van der Waals surface area contributed by atoms with E-state index in [4.69, 9.17) is 15.2 Å². The van der Waals surface area contributed by atoms with Gasteiger partial charge in [-0.3, -0.25) is 0 Å². The van der Waals surface area contributed by atoms with E-state index < -0.39 is 0 Å². The molecule has 0 aromatic carbocycles. The first-order chi connectivity index (χ1) is 8.69. The van der Waals surface area contributed by atoms with Crippen molar-refractivity contribution < 1.29 is 9.47 Å². The van der Waals surface area contributed by atoms with Crippen LogP contribution in [0.5, 0.6) is 0 Å². The molecule has 0 aromatic rings. The molecule has 0 fully saturated rings. The van der Waals surface area contributed by atoms with Crippen molar-refractivity contribution in [3.05, 3.63) is 24.0 Å². The Hall–Kier alpha value is -0.800. The van der Waals surface area contributed by atoms with E-state index in [1.54, 1.807) is 0 Å². The summed E-state index contributed by atoms with van der Waals surface area (Å²) in [6, 6.07) is 0. The Labute approximate surface area is 111 Å². The molecule has 1 rings (SSSR count). The molecule has 3 heteroatoms. The fraction of sp³-hybridized carbons (Fsp3) is 0.733.